The van der Waals surface area contributed by atoms with E-state index in [4.69, 9.17) is 5.11 Å². The van der Waals surface area contributed by atoms with Gasteiger partial charge in [-0.05, 0) is 30.9 Å². The summed E-state index contributed by atoms with van der Waals surface area (Å²) in [5.41, 5.74) is 0. The molecule has 110 valence electrons. The first-order valence-corrected chi connectivity index (χ1v) is 7.92. The molecule has 5 nitrogen and oxygen atoms in total. The highest BCUT2D eigenvalue weighted by molar-refractivity contribution is 7.99. The van der Waals surface area contributed by atoms with Crippen LogP contribution in [-0.4, -0.2) is 40.7 Å². The minimum atomic E-state index is -0.976. The van der Waals surface area contributed by atoms with Gasteiger partial charge in [-0.1, -0.05) is 20.3 Å². The van der Waals surface area contributed by atoms with Crippen molar-refractivity contribution in [1.29, 1.82) is 0 Å². The normalized spacial score (nSPS) is 20.9. The Kier molecular flexibility index (Phi) is 7.05. The Labute approximate surface area is 118 Å². The molecule has 0 aromatic carbocycles. The molecule has 1 fully saturated rings. The predicted octanol–water partition coefficient (Wildman–Crippen LogP) is 2.07. The van der Waals surface area contributed by atoms with Gasteiger partial charge in [-0.25, -0.2) is 9.59 Å². The van der Waals surface area contributed by atoms with Gasteiger partial charge >= 0.3 is 12.0 Å². The van der Waals surface area contributed by atoms with Crippen LogP contribution in [0.1, 0.15) is 39.5 Å². The molecule has 1 heterocycles. The van der Waals surface area contributed by atoms with E-state index in [2.05, 4.69) is 10.6 Å². The van der Waals surface area contributed by atoms with E-state index in [1.807, 2.05) is 25.6 Å². The van der Waals surface area contributed by atoms with Gasteiger partial charge in [-0.3, -0.25) is 0 Å². The average molecular weight is 288 g/mol. The summed E-state index contributed by atoms with van der Waals surface area (Å²) in [5.74, 6) is 0.408. The molecule has 19 heavy (non-hydrogen) atoms. The average Bonchev–Trinajstić information content (AvgIpc) is 2.36. The first-order valence-electron chi connectivity index (χ1n) is 6.87. The van der Waals surface area contributed by atoms with E-state index in [0.29, 0.717) is 18.2 Å². The molecule has 0 aromatic heterocycles. The Morgan fingerprint density at radius 3 is 2.63 bits per heavy atom. The van der Waals surface area contributed by atoms with Gasteiger partial charge in [-0.15, -0.1) is 0 Å². The van der Waals surface area contributed by atoms with Crippen molar-refractivity contribution in [3.63, 3.8) is 0 Å². The predicted molar refractivity (Wildman–Crippen MR) is 77.5 cm³/mol. The van der Waals surface area contributed by atoms with Crippen molar-refractivity contribution < 1.29 is 14.7 Å². The molecule has 2 atom stereocenters. The smallest absolute Gasteiger partial charge is 0.326 e. The lowest BCUT2D eigenvalue weighted by molar-refractivity contribution is -0.139. The van der Waals surface area contributed by atoms with Crippen LogP contribution in [0.25, 0.3) is 0 Å². The monoisotopic (exact) mass is 288 g/mol. The summed E-state index contributed by atoms with van der Waals surface area (Å²) in [6.45, 7) is 4.49. The number of carbonyl (C=O) groups excluding carboxylic acids is 1. The summed E-state index contributed by atoms with van der Waals surface area (Å²) in [6.07, 6.45) is 4.04. The number of hydrogen-bond acceptors (Lipinski definition) is 3. The van der Waals surface area contributed by atoms with E-state index in [0.717, 1.165) is 12.2 Å². The summed E-state index contributed by atoms with van der Waals surface area (Å²) < 4.78 is 0. The van der Waals surface area contributed by atoms with E-state index < -0.39 is 12.0 Å². The van der Waals surface area contributed by atoms with Crippen LogP contribution in [0.15, 0.2) is 0 Å². The van der Waals surface area contributed by atoms with Crippen molar-refractivity contribution in [2.24, 2.45) is 5.92 Å². The van der Waals surface area contributed by atoms with Crippen LogP contribution in [0.2, 0.25) is 0 Å². The lowest BCUT2D eigenvalue weighted by atomic mass is 10.0. The molecule has 1 aliphatic heterocycles. The summed E-state index contributed by atoms with van der Waals surface area (Å²) >= 11 is 1.88. The van der Waals surface area contributed by atoms with Crippen LogP contribution in [-0.2, 0) is 4.79 Å². The highest BCUT2D eigenvalue weighted by Gasteiger charge is 2.21. The third kappa shape index (κ3) is 6.71. The van der Waals surface area contributed by atoms with Crippen molar-refractivity contribution in [3.05, 3.63) is 0 Å². The maximum Gasteiger partial charge on any atom is 0.326 e. The van der Waals surface area contributed by atoms with Gasteiger partial charge < -0.3 is 15.7 Å². The SMILES string of the molecule is CC(C)CC(NC(=O)NCC1CCCCS1)C(=O)O. The number of urea groups is 1. The van der Waals surface area contributed by atoms with Gasteiger partial charge in [0, 0.05) is 11.8 Å². The van der Waals surface area contributed by atoms with Gasteiger partial charge in [0.2, 0.25) is 0 Å². The fourth-order valence-corrected chi connectivity index (χ4v) is 3.32. The largest absolute Gasteiger partial charge is 0.480 e. The van der Waals surface area contributed by atoms with Crippen LogP contribution in [0.4, 0.5) is 4.79 Å². The second-order valence-electron chi connectivity index (χ2n) is 5.36. The van der Waals surface area contributed by atoms with Crippen molar-refractivity contribution >= 4 is 23.8 Å². The van der Waals surface area contributed by atoms with Gasteiger partial charge in [0.05, 0.1) is 0 Å². The molecule has 0 aliphatic carbocycles. The number of carboxylic acids is 1. The van der Waals surface area contributed by atoms with Gasteiger partial charge in [0.15, 0.2) is 0 Å². The molecule has 6 heteroatoms. The lowest BCUT2D eigenvalue weighted by Gasteiger charge is -2.22. The minimum absolute atomic E-state index is 0.232. The van der Waals surface area contributed by atoms with Gasteiger partial charge in [-0.2, -0.15) is 11.8 Å². The van der Waals surface area contributed by atoms with Crippen molar-refractivity contribution in [2.75, 3.05) is 12.3 Å². The molecule has 1 rings (SSSR count). The number of carbonyl (C=O) groups is 2. The molecule has 2 unspecified atom stereocenters. The third-order valence-electron chi connectivity index (χ3n) is 3.07. The molecule has 0 bridgehead atoms. The molecule has 1 aliphatic rings. The number of amides is 2. The van der Waals surface area contributed by atoms with E-state index in [9.17, 15) is 9.59 Å². The fraction of sp³-hybridized carbons (Fsp3) is 0.846. The number of aliphatic carboxylic acids is 1. The fourth-order valence-electron chi connectivity index (χ4n) is 2.08. The van der Waals surface area contributed by atoms with Crippen LogP contribution < -0.4 is 10.6 Å². The van der Waals surface area contributed by atoms with Crippen molar-refractivity contribution in [1.82, 2.24) is 10.6 Å². The summed E-state index contributed by atoms with van der Waals surface area (Å²) in [4.78, 5) is 22.7. The number of hydrogen-bond donors (Lipinski definition) is 3. The number of thioether (sulfide) groups is 1. The number of carboxylic acid groups (broad SMARTS) is 1. The maximum atomic E-state index is 11.7. The zero-order valence-corrected chi connectivity index (χ0v) is 12.5. The quantitative estimate of drug-likeness (QED) is 0.699. The number of rotatable bonds is 6. The van der Waals surface area contributed by atoms with E-state index in [1.54, 1.807) is 0 Å². The van der Waals surface area contributed by atoms with E-state index in [1.165, 1.54) is 12.8 Å². The van der Waals surface area contributed by atoms with Crippen LogP contribution >= 0.6 is 11.8 Å². The second-order valence-corrected chi connectivity index (χ2v) is 6.77. The lowest BCUT2D eigenvalue weighted by Crippen LogP contribution is -2.48. The summed E-state index contributed by atoms with van der Waals surface area (Å²) in [5, 5.41) is 14.8. The molecule has 0 aromatic rings. The van der Waals surface area contributed by atoms with Crippen molar-refractivity contribution in [3.8, 4) is 0 Å². The topological polar surface area (TPSA) is 78.4 Å². The zero-order chi connectivity index (χ0) is 14.3. The molecule has 2 amide bonds. The van der Waals surface area contributed by atoms with Crippen LogP contribution in [0, 0.1) is 5.92 Å². The Morgan fingerprint density at radius 1 is 1.37 bits per heavy atom. The Hall–Kier alpha value is -0.910. The van der Waals surface area contributed by atoms with Gasteiger partial charge in [0.1, 0.15) is 6.04 Å². The first kappa shape index (κ1) is 16.1. The zero-order valence-electron chi connectivity index (χ0n) is 11.6. The molecule has 3 N–H and O–H groups in total. The highest BCUT2D eigenvalue weighted by Crippen LogP contribution is 2.24. The minimum Gasteiger partial charge on any atom is -0.480 e. The van der Waals surface area contributed by atoms with Crippen LogP contribution in [0.5, 0.6) is 0 Å². The first-order chi connectivity index (χ1) is 8.99. The molecular weight excluding hydrogens is 264 g/mol. The molecule has 0 radical (unpaired) electrons. The Balaban J connectivity index is 2.29. The van der Waals surface area contributed by atoms with Crippen LogP contribution in [0.3, 0.4) is 0 Å². The van der Waals surface area contributed by atoms with Gasteiger partial charge in [0.25, 0.3) is 0 Å². The third-order valence-corrected chi connectivity index (χ3v) is 4.47. The number of nitrogens with one attached hydrogen (secondary N) is 2. The molecular formula is C13H24N2O3S. The highest BCUT2D eigenvalue weighted by atomic mass is 32.2. The Bertz CT molecular complexity index is 304. The Morgan fingerprint density at radius 2 is 2.11 bits per heavy atom. The van der Waals surface area contributed by atoms with Crippen molar-refractivity contribution in [2.45, 2.75) is 50.8 Å². The molecule has 0 saturated carbocycles. The summed E-state index contributed by atoms with van der Waals surface area (Å²) in [7, 11) is 0. The second kappa shape index (κ2) is 8.30. The summed E-state index contributed by atoms with van der Waals surface area (Å²) in [6, 6.07) is -1.18. The molecule has 1 saturated heterocycles. The van der Waals surface area contributed by atoms with E-state index in [-0.39, 0.29) is 11.9 Å². The maximum absolute atomic E-state index is 11.7. The van der Waals surface area contributed by atoms with E-state index >= 15 is 0 Å². The molecule has 0 spiro atoms. The standard InChI is InChI=1S/C13H24N2O3S/c1-9(2)7-11(12(16)17)15-13(18)14-8-10-5-3-4-6-19-10/h9-11H,3-8H2,1-2H3,(H,16,17)(H2,14,15,18).